The van der Waals surface area contributed by atoms with Crippen molar-refractivity contribution in [2.45, 2.75) is 18.6 Å². The van der Waals surface area contributed by atoms with Gasteiger partial charge in [-0.2, -0.15) is 4.52 Å². The summed E-state index contributed by atoms with van der Waals surface area (Å²) in [5.74, 6) is 0.153. The molecule has 0 radical (unpaired) electrons. The SMILES string of the molecule is Cc1nc2c3ccccc3nc(SCC(=O)N(C)Cc3c(F)cccc3Cl)n2n1. The lowest BCUT2D eigenvalue weighted by Gasteiger charge is -2.18. The highest BCUT2D eigenvalue weighted by Crippen LogP contribution is 2.25. The lowest BCUT2D eigenvalue weighted by atomic mass is 10.2. The van der Waals surface area contributed by atoms with E-state index in [1.807, 2.05) is 31.2 Å². The Labute approximate surface area is 175 Å². The van der Waals surface area contributed by atoms with Crippen LogP contribution in [-0.4, -0.2) is 43.2 Å². The van der Waals surface area contributed by atoms with E-state index in [0.29, 0.717) is 27.2 Å². The van der Waals surface area contributed by atoms with Gasteiger partial charge in [0, 0.05) is 29.6 Å². The number of aryl methyl sites for hydroxylation is 1. The van der Waals surface area contributed by atoms with Gasteiger partial charge in [-0.05, 0) is 31.2 Å². The fourth-order valence-corrected chi connectivity index (χ4v) is 4.08. The maximum atomic E-state index is 14.0. The first-order valence-electron chi connectivity index (χ1n) is 8.86. The molecule has 1 amide bonds. The van der Waals surface area contributed by atoms with Crippen LogP contribution in [-0.2, 0) is 11.3 Å². The van der Waals surface area contributed by atoms with Crippen molar-refractivity contribution < 1.29 is 9.18 Å². The molecule has 148 valence electrons. The zero-order valence-corrected chi connectivity index (χ0v) is 17.3. The molecule has 6 nitrogen and oxygen atoms in total. The summed E-state index contributed by atoms with van der Waals surface area (Å²) in [5.41, 5.74) is 1.79. The summed E-state index contributed by atoms with van der Waals surface area (Å²) in [6.45, 7) is 1.90. The van der Waals surface area contributed by atoms with Crippen LogP contribution in [0.3, 0.4) is 0 Å². The van der Waals surface area contributed by atoms with Crippen LogP contribution in [0.2, 0.25) is 5.02 Å². The molecule has 29 heavy (non-hydrogen) atoms. The molecule has 0 aliphatic carbocycles. The number of fused-ring (bicyclic) bond motifs is 3. The number of hydrogen-bond acceptors (Lipinski definition) is 5. The topological polar surface area (TPSA) is 63.4 Å². The van der Waals surface area contributed by atoms with Gasteiger partial charge in [-0.15, -0.1) is 5.10 Å². The highest BCUT2D eigenvalue weighted by Gasteiger charge is 2.17. The quantitative estimate of drug-likeness (QED) is 0.352. The standard InChI is InChI=1S/C20H17ClFN5OS/c1-12-23-19-13-6-3-4-9-17(13)24-20(27(19)25-12)29-11-18(28)26(2)10-14-15(21)7-5-8-16(14)22/h3-9H,10-11H2,1-2H3. The van der Waals surface area contributed by atoms with E-state index in [-0.39, 0.29) is 18.2 Å². The number of hydrogen-bond donors (Lipinski definition) is 0. The van der Waals surface area contributed by atoms with Crippen LogP contribution in [0.5, 0.6) is 0 Å². The smallest absolute Gasteiger partial charge is 0.233 e. The van der Waals surface area contributed by atoms with Crippen molar-refractivity contribution in [1.82, 2.24) is 24.5 Å². The van der Waals surface area contributed by atoms with E-state index in [0.717, 1.165) is 10.9 Å². The number of thioether (sulfide) groups is 1. The Morgan fingerprint density at radius 2 is 2.00 bits per heavy atom. The molecule has 0 aliphatic rings. The lowest BCUT2D eigenvalue weighted by molar-refractivity contribution is -0.127. The maximum absolute atomic E-state index is 14.0. The monoisotopic (exact) mass is 429 g/mol. The molecule has 4 aromatic rings. The molecule has 0 spiro atoms. The van der Waals surface area contributed by atoms with E-state index < -0.39 is 5.82 Å². The van der Waals surface area contributed by atoms with E-state index in [4.69, 9.17) is 11.6 Å². The summed E-state index contributed by atoms with van der Waals surface area (Å²) < 4.78 is 15.7. The Balaban J connectivity index is 1.55. The third kappa shape index (κ3) is 3.90. The molecule has 0 unspecified atom stereocenters. The molecule has 0 saturated heterocycles. The van der Waals surface area contributed by atoms with Crippen LogP contribution in [0.15, 0.2) is 47.6 Å². The van der Waals surface area contributed by atoms with Crippen LogP contribution < -0.4 is 0 Å². The van der Waals surface area contributed by atoms with Gasteiger partial charge in [0.15, 0.2) is 10.8 Å². The lowest BCUT2D eigenvalue weighted by Crippen LogP contribution is -2.28. The molecule has 2 aromatic carbocycles. The number of halogens is 2. The minimum Gasteiger partial charge on any atom is -0.341 e. The molecular formula is C20H17ClFN5OS. The van der Waals surface area contributed by atoms with Gasteiger partial charge in [-0.1, -0.05) is 41.6 Å². The number of amides is 1. The predicted molar refractivity (Wildman–Crippen MR) is 112 cm³/mol. The molecule has 2 heterocycles. The fraction of sp³-hybridized carbons (Fsp3) is 0.200. The van der Waals surface area contributed by atoms with Gasteiger partial charge < -0.3 is 4.90 Å². The van der Waals surface area contributed by atoms with Crippen molar-refractivity contribution in [1.29, 1.82) is 0 Å². The Morgan fingerprint density at radius 1 is 1.21 bits per heavy atom. The first-order valence-corrected chi connectivity index (χ1v) is 10.2. The molecule has 0 bridgehead atoms. The van der Waals surface area contributed by atoms with Crippen LogP contribution in [0, 0.1) is 12.7 Å². The summed E-state index contributed by atoms with van der Waals surface area (Å²) in [7, 11) is 1.62. The van der Waals surface area contributed by atoms with E-state index in [9.17, 15) is 9.18 Å². The second-order valence-electron chi connectivity index (χ2n) is 6.54. The number of carbonyl (C=O) groups is 1. The molecular weight excluding hydrogens is 413 g/mol. The van der Waals surface area contributed by atoms with Gasteiger partial charge >= 0.3 is 0 Å². The number of benzene rings is 2. The second kappa shape index (κ2) is 7.96. The first-order chi connectivity index (χ1) is 13.9. The van der Waals surface area contributed by atoms with Gasteiger partial charge in [0.25, 0.3) is 0 Å². The number of nitrogens with zero attached hydrogens (tertiary/aromatic N) is 5. The molecule has 0 atom stereocenters. The average molecular weight is 430 g/mol. The fourth-order valence-electron chi connectivity index (χ4n) is 2.97. The average Bonchev–Trinajstić information content (AvgIpc) is 3.10. The normalized spacial score (nSPS) is 11.3. The van der Waals surface area contributed by atoms with Gasteiger partial charge in [-0.25, -0.2) is 14.4 Å². The van der Waals surface area contributed by atoms with Crippen LogP contribution in [0.4, 0.5) is 4.39 Å². The van der Waals surface area contributed by atoms with Crippen molar-refractivity contribution in [3.8, 4) is 0 Å². The minimum atomic E-state index is -0.430. The van der Waals surface area contributed by atoms with Gasteiger partial charge in [0.05, 0.1) is 11.3 Å². The zero-order chi connectivity index (χ0) is 20.5. The predicted octanol–water partition coefficient (Wildman–Crippen LogP) is 4.13. The third-order valence-corrected chi connectivity index (χ3v) is 5.73. The van der Waals surface area contributed by atoms with Crippen molar-refractivity contribution >= 4 is 45.8 Å². The van der Waals surface area contributed by atoms with Crippen molar-refractivity contribution in [3.63, 3.8) is 0 Å². The number of para-hydroxylation sites is 1. The van der Waals surface area contributed by atoms with Crippen molar-refractivity contribution in [3.05, 3.63) is 64.7 Å². The summed E-state index contributed by atoms with van der Waals surface area (Å²) in [6, 6.07) is 12.1. The molecule has 0 fully saturated rings. The van der Waals surface area contributed by atoms with Crippen molar-refractivity contribution in [2.75, 3.05) is 12.8 Å². The largest absolute Gasteiger partial charge is 0.341 e. The molecule has 2 aromatic heterocycles. The highest BCUT2D eigenvalue weighted by atomic mass is 35.5. The Morgan fingerprint density at radius 3 is 2.79 bits per heavy atom. The maximum Gasteiger partial charge on any atom is 0.233 e. The first kappa shape index (κ1) is 19.6. The Kier molecular flexibility index (Phi) is 5.38. The Hall–Kier alpha value is -2.71. The van der Waals surface area contributed by atoms with Gasteiger partial charge in [0.2, 0.25) is 5.91 Å². The number of carbonyl (C=O) groups excluding carboxylic acids is 1. The Bertz CT molecular complexity index is 1210. The molecule has 0 saturated carbocycles. The van der Waals surface area contributed by atoms with E-state index in [1.54, 1.807) is 17.6 Å². The van der Waals surface area contributed by atoms with Gasteiger partial charge in [0.1, 0.15) is 11.6 Å². The van der Waals surface area contributed by atoms with Gasteiger partial charge in [-0.3, -0.25) is 4.79 Å². The van der Waals surface area contributed by atoms with E-state index in [1.165, 1.54) is 28.8 Å². The summed E-state index contributed by atoms with van der Waals surface area (Å²) in [4.78, 5) is 23.2. The summed E-state index contributed by atoms with van der Waals surface area (Å²) in [6.07, 6.45) is 0. The highest BCUT2D eigenvalue weighted by molar-refractivity contribution is 7.99. The van der Waals surface area contributed by atoms with E-state index in [2.05, 4.69) is 15.1 Å². The second-order valence-corrected chi connectivity index (χ2v) is 7.89. The van der Waals surface area contributed by atoms with Crippen molar-refractivity contribution in [2.24, 2.45) is 0 Å². The summed E-state index contributed by atoms with van der Waals surface area (Å²) in [5, 5.41) is 6.18. The third-order valence-electron chi connectivity index (χ3n) is 4.46. The minimum absolute atomic E-state index is 0.0912. The molecule has 4 rings (SSSR count). The van der Waals surface area contributed by atoms with E-state index >= 15 is 0 Å². The van der Waals surface area contributed by atoms with Crippen LogP contribution in [0.25, 0.3) is 16.6 Å². The zero-order valence-electron chi connectivity index (χ0n) is 15.8. The summed E-state index contributed by atoms with van der Waals surface area (Å²) >= 11 is 7.33. The molecule has 0 aliphatic heterocycles. The number of aromatic nitrogens is 4. The van der Waals surface area contributed by atoms with Crippen LogP contribution in [0.1, 0.15) is 11.4 Å². The van der Waals surface area contributed by atoms with Crippen LogP contribution >= 0.6 is 23.4 Å². The molecule has 0 N–H and O–H groups in total. The molecule has 9 heteroatoms. The number of rotatable bonds is 5.